The number of rotatable bonds is 4. The van der Waals surface area contributed by atoms with Gasteiger partial charge in [-0.05, 0) is 24.6 Å². The van der Waals surface area contributed by atoms with Crippen LogP contribution in [0.1, 0.15) is 21.5 Å². The van der Waals surface area contributed by atoms with Crippen molar-refractivity contribution < 1.29 is 14.1 Å². The first kappa shape index (κ1) is 16.4. The summed E-state index contributed by atoms with van der Waals surface area (Å²) in [6.45, 7) is 2.29. The number of carbonyl (C=O) groups excluding carboxylic acids is 1. The highest BCUT2D eigenvalue weighted by Gasteiger charge is 2.14. The molecule has 0 spiro atoms. The number of nitro groups is 1. The monoisotopic (exact) mass is 337 g/mol. The summed E-state index contributed by atoms with van der Waals surface area (Å²) in [5, 5.41) is 21.9. The number of amides is 1. The van der Waals surface area contributed by atoms with Gasteiger partial charge in [-0.1, -0.05) is 29.8 Å². The Morgan fingerprint density at radius 1 is 1.20 bits per heavy atom. The van der Waals surface area contributed by atoms with Crippen molar-refractivity contribution in [1.29, 1.82) is 5.41 Å². The molecule has 3 rings (SSSR count). The fourth-order valence-corrected chi connectivity index (χ4v) is 2.39. The van der Waals surface area contributed by atoms with Gasteiger partial charge in [-0.2, -0.15) is 0 Å². The maximum absolute atomic E-state index is 12.3. The van der Waals surface area contributed by atoms with Gasteiger partial charge in [0, 0.05) is 24.1 Å². The molecule has 2 N–H and O–H groups in total. The lowest BCUT2D eigenvalue weighted by atomic mass is 10.1. The molecule has 1 heterocycles. The molecule has 0 aliphatic heterocycles. The predicted molar refractivity (Wildman–Crippen MR) is 91.1 cm³/mol. The molecule has 0 radical (unpaired) electrons. The lowest BCUT2D eigenvalue weighted by molar-refractivity contribution is -0.384. The minimum Gasteiger partial charge on any atom is -0.438 e. The van der Waals surface area contributed by atoms with Crippen molar-refractivity contribution in [2.75, 3.05) is 0 Å². The molecule has 0 saturated heterocycles. The molecule has 7 heteroatoms. The van der Waals surface area contributed by atoms with Gasteiger partial charge in [-0.25, -0.2) is 0 Å². The SMILES string of the molecule is Cc1ccc(CNC(=O)c2cc3cc([N+](=O)[O-])ccc3oc2=N)cc1. The largest absolute Gasteiger partial charge is 0.438 e. The van der Waals surface area contributed by atoms with Gasteiger partial charge >= 0.3 is 0 Å². The number of carbonyl (C=O) groups is 1. The van der Waals surface area contributed by atoms with Crippen LogP contribution in [0.2, 0.25) is 0 Å². The summed E-state index contributed by atoms with van der Waals surface area (Å²) in [5.41, 5.74) is 2.00. The number of benzene rings is 2. The van der Waals surface area contributed by atoms with Crippen molar-refractivity contribution in [3.05, 3.63) is 80.9 Å². The quantitative estimate of drug-likeness (QED) is 0.563. The maximum Gasteiger partial charge on any atom is 0.270 e. The van der Waals surface area contributed by atoms with Crippen LogP contribution in [0.4, 0.5) is 5.69 Å². The highest BCUT2D eigenvalue weighted by Crippen LogP contribution is 2.20. The predicted octanol–water partition coefficient (Wildman–Crippen LogP) is 3.06. The Morgan fingerprint density at radius 3 is 2.60 bits per heavy atom. The topological polar surface area (TPSA) is 109 Å². The van der Waals surface area contributed by atoms with E-state index in [1.165, 1.54) is 24.3 Å². The van der Waals surface area contributed by atoms with Crippen molar-refractivity contribution in [2.45, 2.75) is 13.5 Å². The van der Waals surface area contributed by atoms with Gasteiger partial charge in [-0.3, -0.25) is 20.3 Å². The number of non-ortho nitro benzene ring substituents is 1. The molecular weight excluding hydrogens is 322 g/mol. The van der Waals surface area contributed by atoms with Crippen LogP contribution in [0.25, 0.3) is 11.0 Å². The summed E-state index contributed by atoms with van der Waals surface area (Å²) in [7, 11) is 0. The van der Waals surface area contributed by atoms with Crippen LogP contribution >= 0.6 is 0 Å². The average Bonchev–Trinajstić information content (AvgIpc) is 2.60. The third-order valence-electron chi connectivity index (χ3n) is 3.78. The molecule has 126 valence electrons. The summed E-state index contributed by atoms with van der Waals surface area (Å²) in [4.78, 5) is 22.7. The number of nitro benzene ring substituents is 1. The molecule has 0 bridgehead atoms. The minimum atomic E-state index is -0.523. The van der Waals surface area contributed by atoms with E-state index >= 15 is 0 Å². The fourth-order valence-electron chi connectivity index (χ4n) is 2.39. The van der Waals surface area contributed by atoms with Gasteiger partial charge in [-0.15, -0.1) is 0 Å². The first-order valence-electron chi connectivity index (χ1n) is 7.54. The Labute approximate surface area is 142 Å². The molecule has 3 aromatic rings. The molecule has 0 saturated carbocycles. The lowest BCUT2D eigenvalue weighted by Crippen LogP contribution is -2.27. The van der Waals surface area contributed by atoms with Crippen LogP contribution in [0, 0.1) is 22.4 Å². The molecule has 7 nitrogen and oxygen atoms in total. The molecule has 1 amide bonds. The van der Waals surface area contributed by atoms with E-state index < -0.39 is 10.8 Å². The molecule has 0 fully saturated rings. The zero-order valence-corrected chi connectivity index (χ0v) is 13.4. The van der Waals surface area contributed by atoms with E-state index in [1.807, 2.05) is 31.2 Å². The Morgan fingerprint density at radius 2 is 1.92 bits per heavy atom. The van der Waals surface area contributed by atoms with Crippen LogP contribution < -0.4 is 10.9 Å². The number of nitrogens with zero attached hydrogens (tertiary/aromatic N) is 1. The van der Waals surface area contributed by atoms with Crippen LogP contribution in [-0.2, 0) is 6.54 Å². The molecule has 0 atom stereocenters. The normalized spacial score (nSPS) is 10.6. The first-order chi connectivity index (χ1) is 11.9. The second-order valence-corrected chi connectivity index (χ2v) is 5.64. The molecular formula is C18H15N3O4. The summed E-state index contributed by atoms with van der Waals surface area (Å²) in [5.74, 6) is -0.470. The Hall–Kier alpha value is -3.48. The number of hydrogen-bond donors (Lipinski definition) is 2. The third kappa shape index (κ3) is 3.55. The van der Waals surface area contributed by atoms with E-state index in [2.05, 4.69) is 5.32 Å². The zero-order valence-electron chi connectivity index (χ0n) is 13.4. The summed E-state index contributed by atoms with van der Waals surface area (Å²) in [6, 6.07) is 13.2. The van der Waals surface area contributed by atoms with Crippen LogP contribution in [0.3, 0.4) is 0 Å². The van der Waals surface area contributed by atoms with E-state index in [9.17, 15) is 14.9 Å². The summed E-state index contributed by atoms with van der Waals surface area (Å²) >= 11 is 0. The van der Waals surface area contributed by atoms with E-state index in [-0.39, 0.29) is 16.8 Å². The minimum absolute atomic E-state index is 0.0279. The molecule has 0 unspecified atom stereocenters. The number of nitrogens with one attached hydrogen (secondary N) is 2. The molecule has 1 aromatic heterocycles. The standard InChI is InChI=1S/C18H15N3O4/c1-11-2-4-12(5-3-11)10-20-18(22)15-9-13-8-14(21(23)24)6-7-16(13)25-17(15)19/h2-9,19H,10H2,1H3,(H,20,22). The second kappa shape index (κ2) is 6.56. The van der Waals surface area contributed by atoms with Gasteiger partial charge in [0.15, 0.2) is 0 Å². The zero-order chi connectivity index (χ0) is 18.0. The van der Waals surface area contributed by atoms with Crippen molar-refractivity contribution in [2.24, 2.45) is 0 Å². The first-order valence-corrected chi connectivity index (χ1v) is 7.54. The number of hydrogen-bond acceptors (Lipinski definition) is 5. The molecule has 0 aliphatic carbocycles. The van der Waals surface area contributed by atoms with E-state index in [4.69, 9.17) is 9.83 Å². The molecule has 0 aliphatic rings. The van der Waals surface area contributed by atoms with Gasteiger partial charge in [0.25, 0.3) is 11.6 Å². The molecule has 2 aromatic carbocycles. The lowest BCUT2D eigenvalue weighted by Gasteiger charge is -2.07. The van der Waals surface area contributed by atoms with Crippen LogP contribution in [0.5, 0.6) is 0 Å². The fraction of sp³-hybridized carbons (Fsp3) is 0.111. The van der Waals surface area contributed by atoms with Crippen LogP contribution in [-0.4, -0.2) is 10.8 Å². The van der Waals surface area contributed by atoms with Crippen molar-refractivity contribution in [3.8, 4) is 0 Å². The van der Waals surface area contributed by atoms with Gasteiger partial charge < -0.3 is 9.73 Å². The van der Waals surface area contributed by atoms with Crippen molar-refractivity contribution in [3.63, 3.8) is 0 Å². The Bertz CT molecular complexity index is 1020. The van der Waals surface area contributed by atoms with Gasteiger partial charge in [0.05, 0.1) is 4.92 Å². The van der Waals surface area contributed by atoms with Crippen molar-refractivity contribution >= 4 is 22.6 Å². The second-order valence-electron chi connectivity index (χ2n) is 5.64. The molecule has 25 heavy (non-hydrogen) atoms. The average molecular weight is 337 g/mol. The number of fused-ring (bicyclic) bond motifs is 1. The van der Waals surface area contributed by atoms with E-state index in [0.717, 1.165) is 11.1 Å². The Balaban J connectivity index is 1.87. The van der Waals surface area contributed by atoms with E-state index in [0.29, 0.717) is 17.5 Å². The van der Waals surface area contributed by atoms with Gasteiger partial charge in [0.2, 0.25) is 5.55 Å². The maximum atomic E-state index is 12.3. The van der Waals surface area contributed by atoms with Crippen LogP contribution in [0.15, 0.2) is 52.9 Å². The number of aryl methyl sites for hydroxylation is 1. The smallest absolute Gasteiger partial charge is 0.270 e. The highest BCUT2D eigenvalue weighted by atomic mass is 16.6. The van der Waals surface area contributed by atoms with E-state index in [1.54, 1.807) is 0 Å². The summed E-state index contributed by atoms with van der Waals surface area (Å²) < 4.78 is 5.30. The highest BCUT2D eigenvalue weighted by molar-refractivity contribution is 5.96. The van der Waals surface area contributed by atoms with Crippen molar-refractivity contribution in [1.82, 2.24) is 5.32 Å². The third-order valence-corrected chi connectivity index (χ3v) is 3.78. The van der Waals surface area contributed by atoms with Gasteiger partial charge in [0.1, 0.15) is 11.1 Å². The summed E-state index contributed by atoms with van der Waals surface area (Å²) in [6.07, 6.45) is 0. The Kier molecular flexibility index (Phi) is 4.30.